The Morgan fingerprint density at radius 1 is 1.44 bits per heavy atom. The first-order chi connectivity index (χ1) is 8.03. The van der Waals surface area contributed by atoms with Gasteiger partial charge in [0.1, 0.15) is 0 Å². The van der Waals surface area contributed by atoms with Crippen LogP contribution in [0, 0.1) is 5.41 Å². The fraction of sp³-hybridized carbons (Fsp3) is 0.917. The van der Waals surface area contributed by atoms with Crippen molar-refractivity contribution >= 4 is 15.7 Å². The lowest BCUT2D eigenvalue weighted by atomic mass is 9.85. The Labute approximate surface area is 110 Å². The third-order valence-electron chi connectivity index (χ3n) is 3.66. The van der Waals surface area contributed by atoms with E-state index < -0.39 is 9.84 Å². The van der Waals surface area contributed by atoms with Crippen molar-refractivity contribution in [2.75, 3.05) is 18.6 Å². The van der Waals surface area contributed by atoms with Crippen molar-refractivity contribution < 1.29 is 13.2 Å². The van der Waals surface area contributed by atoms with Gasteiger partial charge in [-0.15, -0.1) is 0 Å². The van der Waals surface area contributed by atoms with Crippen molar-refractivity contribution in [2.45, 2.75) is 45.7 Å². The van der Waals surface area contributed by atoms with E-state index >= 15 is 0 Å². The number of carbonyl (C=O) groups is 1. The van der Waals surface area contributed by atoms with Gasteiger partial charge < -0.3 is 10.6 Å². The first-order valence-electron chi connectivity index (χ1n) is 6.24. The lowest BCUT2D eigenvalue weighted by Crippen LogP contribution is -2.44. The van der Waals surface area contributed by atoms with Crippen LogP contribution in [-0.2, 0) is 14.6 Å². The first kappa shape index (κ1) is 15.4. The first-order valence-corrected chi connectivity index (χ1v) is 8.07. The molecule has 0 aromatic rings. The molecule has 1 aliphatic rings. The van der Waals surface area contributed by atoms with Crippen LogP contribution < -0.4 is 5.73 Å². The van der Waals surface area contributed by atoms with Crippen LogP contribution in [0.3, 0.4) is 0 Å². The summed E-state index contributed by atoms with van der Waals surface area (Å²) in [5.74, 6) is 0.195. The fourth-order valence-corrected chi connectivity index (χ4v) is 3.70. The number of hydrogen-bond donors (Lipinski definition) is 1. The van der Waals surface area contributed by atoms with E-state index in [0.717, 1.165) is 0 Å². The second kappa shape index (κ2) is 5.17. The van der Waals surface area contributed by atoms with E-state index in [-0.39, 0.29) is 41.3 Å². The van der Waals surface area contributed by atoms with Crippen LogP contribution >= 0.6 is 0 Å². The van der Waals surface area contributed by atoms with Crippen molar-refractivity contribution in [3.05, 3.63) is 0 Å². The molecule has 0 radical (unpaired) electrons. The molecule has 0 bridgehead atoms. The van der Waals surface area contributed by atoms with Crippen molar-refractivity contribution in [3.63, 3.8) is 0 Å². The highest BCUT2D eigenvalue weighted by Crippen LogP contribution is 2.22. The van der Waals surface area contributed by atoms with Gasteiger partial charge in [0.15, 0.2) is 9.84 Å². The minimum absolute atomic E-state index is 0.0699. The molecular weight excluding hydrogens is 252 g/mol. The summed E-state index contributed by atoms with van der Waals surface area (Å²) in [6, 6.07) is -0.403. The third kappa shape index (κ3) is 3.95. The standard InChI is InChI=1S/C12H24N2O3S/c1-12(2,3)10(13)7-11(15)14(4)9-5-6-18(16,17)8-9/h9-10H,5-8,13H2,1-4H3. The topological polar surface area (TPSA) is 80.5 Å². The smallest absolute Gasteiger partial charge is 0.224 e. The lowest BCUT2D eigenvalue weighted by Gasteiger charge is -2.30. The minimum atomic E-state index is -2.96. The SMILES string of the molecule is CN(C(=O)CC(N)C(C)(C)C)C1CCS(=O)(=O)C1. The van der Waals surface area contributed by atoms with E-state index in [2.05, 4.69) is 0 Å². The molecule has 1 fully saturated rings. The average molecular weight is 276 g/mol. The van der Waals surface area contributed by atoms with Gasteiger partial charge in [-0.05, 0) is 11.8 Å². The molecule has 0 aromatic carbocycles. The normalized spacial score (nSPS) is 24.8. The molecule has 0 saturated carbocycles. The molecule has 18 heavy (non-hydrogen) atoms. The highest BCUT2D eigenvalue weighted by Gasteiger charge is 2.34. The number of sulfone groups is 1. The summed E-state index contributed by atoms with van der Waals surface area (Å²) < 4.78 is 22.8. The maximum Gasteiger partial charge on any atom is 0.224 e. The van der Waals surface area contributed by atoms with Crippen molar-refractivity contribution in [1.29, 1.82) is 0 Å². The number of carbonyl (C=O) groups excluding carboxylic acids is 1. The van der Waals surface area contributed by atoms with Gasteiger partial charge >= 0.3 is 0 Å². The molecule has 0 spiro atoms. The van der Waals surface area contributed by atoms with E-state index in [9.17, 15) is 13.2 Å². The number of amides is 1. The molecule has 5 nitrogen and oxygen atoms in total. The molecule has 1 heterocycles. The Morgan fingerprint density at radius 2 is 2.00 bits per heavy atom. The molecule has 106 valence electrons. The fourth-order valence-electron chi connectivity index (χ4n) is 1.92. The Kier molecular flexibility index (Phi) is 4.43. The van der Waals surface area contributed by atoms with Gasteiger partial charge in [-0.3, -0.25) is 4.79 Å². The zero-order chi connectivity index (χ0) is 14.1. The highest BCUT2D eigenvalue weighted by molar-refractivity contribution is 7.91. The molecule has 2 atom stereocenters. The van der Waals surface area contributed by atoms with Gasteiger partial charge in [-0.2, -0.15) is 0 Å². The second-order valence-corrected chi connectivity index (χ2v) is 8.47. The average Bonchev–Trinajstić information content (AvgIpc) is 2.56. The zero-order valence-electron chi connectivity index (χ0n) is 11.6. The molecule has 1 saturated heterocycles. The van der Waals surface area contributed by atoms with E-state index in [1.165, 1.54) is 0 Å². The van der Waals surface area contributed by atoms with Crippen LogP contribution in [0.4, 0.5) is 0 Å². The van der Waals surface area contributed by atoms with Crippen molar-refractivity contribution in [3.8, 4) is 0 Å². The summed E-state index contributed by atoms with van der Waals surface area (Å²) in [5, 5.41) is 0. The van der Waals surface area contributed by atoms with Gasteiger partial charge in [0.25, 0.3) is 0 Å². The van der Waals surface area contributed by atoms with Gasteiger partial charge in [-0.25, -0.2) is 8.42 Å². The Balaban J connectivity index is 2.58. The summed E-state index contributed by atoms with van der Waals surface area (Å²) in [6.07, 6.45) is 0.797. The van der Waals surface area contributed by atoms with Gasteiger partial charge in [0.05, 0.1) is 11.5 Å². The number of hydrogen-bond acceptors (Lipinski definition) is 4. The summed E-state index contributed by atoms with van der Waals surface area (Å²) in [6.45, 7) is 5.97. The molecule has 0 aliphatic carbocycles. The predicted octanol–water partition coefficient (Wildman–Crippen LogP) is 0.395. The molecule has 0 aromatic heterocycles. The Morgan fingerprint density at radius 3 is 2.39 bits per heavy atom. The van der Waals surface area contributed by atoms with Crippen LogP contribution in [0.1, 0.15) is 33.6 Å². The molecule has 1 amide bonds. The second-order valence-electron chi connectivity index (χ2n) is 6.24. The number of rotatable bonds is 3. The summed E-state index contributed by atoms with van der Waals surface area (Å²) in [4.78, 5) is 13.6. The molecule has 2 N–H and O–H groups in total. The summed E-state index contributed by atoms with van der Waals surface area (Å²) >= 11 is 0. The Hall–Kier alpha value is -0.620. The zero-order valence-corrected chi connectivity index (χ0v) is 12.5. The highest BCUT2D eigenvalue weighted by atomic mass is 32.2. The Bertz CT molecular complexity index is 412. The maximum atomic E-state index is 12.0. The molecule has 1 rings (SSSR count). The largest absolute Gasteiger partial charge is 0.342 e. The molecule has 6 heteroatoms. The van der Waals surface area contributed by atoms with Crippen LogP contribution in [0.5, 0.6) is 0 Å². The van der Waals surface area contributed by atoms with Crippen molar-refractivity contribution in [1.82, 2.24) is 4.90 Å². The molecule has 2 unspecified atom stereocenters. The summed E-state index contributed by atoms with van der Waals surface area (Å²) in [7, 11) is -1.29. The summed E-state index contributed by atoms with van der Waals surface area (Å²) in [5.41, 5.74) is 5.85. The predicted molar refractivity (Wildman–Crippen MR) is 71.9 cm³/mol. The van der Waals surface area contributed by atoms with Gasteiger partial charge in [-0.1, -0.05) is 20.8 Å². The van der Waals surface area contributed by atoms with Gasteiger partial charge in [0.2, 0.25) is 5.91 Å². The number of nitrogens with two attached hydrogens (primary N) is 1. The van der Waals surface area contributed by atoms with Crippen molar-refractivity contribution in [2.24, 2.45) is 11.1 Å². The molecule has 1 aliphatic heterocycles. The quantitative estimate of drug-likeness (QED) is 0.809. The number of nitrogens with zero attached hydrogens (tertiary/aromatic N) is 1. The van der Waals surface area contributed by atoms with Crippen LogP contribution in [0.25, 0.3) is 0 Å². The lowest BCUT2D eigenvalue weighted by molar-refractivity contribution is -0.132. The van der Waals surface area contributed by atoms with E-state index in [1.54, 1.807) is 11.9 Å². The minimum Gasteiger partial charge on any atom is -0.342 e. The van der Waals surface area contributed by atoms with Crippen LogP contribution in [0.15, 0.2) is 0 Å². The van der Waals surface area contributed by atoms with Crippen LogP contribution in [0.2, 0.25) is 0 Å². The third-order valence-corrected chi connectivity index (χ3v) is 5.41. The van der Waals surface area contributed by atoms with Crippen LogP contribution in [-0.4, -0.2) is 49.9 Å². The monoisotopic (exact) mass is 276 g/mol. The molecular formula is C12H24N2O3S. The van der Waals surface area contributed by atoms with E-state index in [1.807, 2.05) is 20.8 Å². The maximum absolute atomic E-state index is 12.0. The van der Waals surface area contributed by atoms with E-state index in [0.29, 0.717) is 6.42 Å². The van der Waals surface area contributed by atoms with Gasteiger partial charge in [0, 0.05) is 25.6 Å². The van der Waals surface area contributed by atoms with E-state index in [4.69, 9.17) is 5.73 Å².